The van der Waals surface area contributed by atoms with Crippen molar-refractivity contribution in [1.82, 2.24) is 4.90 Å². The van der Waals surface area contributed by atoms with Crippen LogP contribution in [-0.2, 0) is 0 Å². The largest absolute Gasteiger partial charge is 0.443 e. The molecule has 16 heavy (non-hydrogen) atoms. The third-order valence-electron chi connectivity index (χ3n) is 2.87. The van der Waals surface area contributed by atoms with Gasteiger partial charge >= 0.3 is 0 Å². The van der Waals surface area contributed by atoms with Crippen molar-refractivity contribution in [2.75, 3.05) is 38.1 Å². The molecule has 1 saturated heterocycles. The number of nitrogens with zero attached hydrogens (tertiary/aromatic N) is 3. The lowest BCUT2D eigenvalue weighted by Gasteiger charge is -2.32. The fraction of sp³-hybridized carbons (Fsp3) is 0.545. The molecule has 2 rings (SSSR count). The summed E-state index contributed by atoms with van der Waals surface area (Å²) in [4.78, 5) is 4.45. The highest BCUT2D eigenvalue weighted by Crippen LogP contribution is 2.22. The van der Waals surface area contributed by atoms with Crippen molar-refractivity contribution in [2.24, 2.45) is 5.73 Å². The highest BCUT2D eigenvalue weighted by molar-refractivity contribution is 5.38. The topological polar surface area (TPSA) is 69.4 Å². The Morgan fingerprint density at radius 3 is 2.69 bits per heavy atom. The molecule has 1 aliphatic rings. The Balaban J connectivity index is 2.05. The van der Waals surface area contributed by atoms with Gasteiger partial charge in [-0.2, -0.15) is 5.26 Å². The third kappa shape index (κ3) is 2.18. The van der Waals surface area contributed by atoms with Crippen LogP contribution in [0.25, 0.3) is 0 Å². The van der Waals surface area contributed by atoms with Gasteiger partial charge in [0.15, 0.2) is 11.9 Å². The first-order valence-electron chi connectivity index (χ1n) is 5.39. The van der Waals surface area contributed by atoms with E-state index in [1.54, 1.807) is 6.07 Å². The predicted octanol–water partition coefficient (Wildman–Crippen LogP) is 0.555. The second-order valence-electron chi connectivity index (χ2n) is 4.07. The van der Waals surface area contributed by atoms with Gasteiger partial charge in [0.1, 0.15) is 5.76 Å². The normalized spacial score (nSPS) is 19.4. The molecule has 5 nitrogen and oxygen atoms in total. The zero-order valence-corrected chi connectivity index (χ0v) is 9.39. The Bertz CT molecular complexity index is 387. The number of anilines is 1. The van der Waals surface area contributed by atoms with Crippen LogP contribution in [0.1, 0.15) is 11.8 Å². The summed E-state index contributed by atoms with van der Waals surface area (Å²) in [5.74, 6) is 1.35. The summed E-state index contributed by atoms with van der Waals surface area (Å²) in [5.41, 5.74) is 5.58. The van der Waals surface area contributed by atoms with Gasteiger partial charge in [0.2, 0.25) is 0 Å². The van der Waals surface area contributed by atoms with Crippen LogP contribution in [-0.4, -0.2) is 38.1 Å². The molecule has 0 amide bonds. The van der Waals surface area contributed by atoms with Gasteiger partial charge in [0.25, 0.3) is 0 Å². The molecule has 2 heterocycles. The molecule has 0 aliphatic carbocycles. The standard InChI is InChI=1S/C11H16N4O/c1-14-4-6-15(7-5-14)11-3-2-10(16-11)9(13)8-12/h2-3,9H,4-7,13H2,1H3/t9-/m0/s1. The van der Waals surface area contributed by atoms with Gasteiger partial charge in [-0.1, -0.05) is 0 Å². The number of nitrogens with two attached hydrogens (primary N) is 1. The lowest BCUT2D eigenvalue weighted by atomic mass is 10.3. The average Bonchev–Trinajstić information content (AvgIpc) is 2.78. The number of likely N-dealkylation sites (N-methyl/N-ethyl adjacent to an activating group) is 1. The molecule has 1 aromatic rings. The lowest BCUT2D eigenvalue weighted by molar-refractivity contribution is 0.305. The van der Waals surface area contributed by atoms with Crippen molar-refractivity contribution in [3.8, 4) is 6.07 Å². The van der Waals surface area contributed by atoms with Gasteiger partial charge in [0.05, 0.1) is 6.07 Å². The van der Waals surface area contributed by atoms with E-state index in [2.05, 4.69) is 16.8 Å². The predicted molar refractivity (Wildman–Crippen MR) is 61.0 cm³/mol. The van der Waals surface area contributed by atoms with E-state index in [1.165, 1.54) is 0 Å². The third-order valence-corrected chi connectivity index (χ3v) is 2.87. The molecule has 0 radical (unpaired) electrons. The number of rotatable bonds is 2. The highest BCUT2D eigenvalue weighted by atomic mass is 16.4. The van der Waals surface area contributed by atoms with Gasteiger partial charge in [-0.15, -0.1) is 0 Å². The second-order valence-corrected chi connectivity index (χ2v) is 4.07. The molecule has 0 aromatic carbocycles. The molecule has 2 N–H and O–H groups in total. The van der Waals surface area contributed by atoms with Crippen molar-refractivity contribution in [3.63, 3.8) is 0 Å². The molecule has 0 unspecified atom stereocenters. The minimum absolute atomic E-state index is 0.538. The zero-order chi connectivity index (χ0) is 11.5. The van der Waals surface area contributed by atoms with Gasteiger partial charge < -0.3 is 20.0 Å². The van der Waals surface area contributed by atoms with Gasteiger partial charge in [-0.3, -0.25) is 0 Å². The molecule has 0 spiro atoms. The van der Waals surface area contributed by atoms with Crippen LogP contribution in [0.3, 0.4) is 0 Å². The maximum atomic E-state index is 8.69. The Hall–Kier alpha value is -1.51. The van der Waals surface area contributed by atoms with E-state index in [0.29, 0.717) is 5.76 Å². The molecule has 1 aromatic heterocycles. The second kappa shape index (κ2) is 4.56. The average molecular weight is 220 g/mol. The summed E-state index contributed by atoms with van der Waals surface area (Å²) in [6.45, 7) is 3.96. The van der Waals surface area contributed by atoms with Crippen LogP contribution in [0.2, 0.25) is 0 Å². The molecule has 5 heteroatoms. The molecule has 1 atom stereocenters. The van der Waals surface area contributed by atoms with E-state index < -0.39 is 6.04 Å². The van der Waals surface area contributed by atoms with E-state index in [4.69, 9.17) is 15.4 Å². The first-order valence-corrected chi connectivity index (χ1v) is 5.39. The van der Waals surface area contributed by atoms with Crippen molar-refractivity contribution in [1.29, 1.82) is 5.26 Å². The van der Waals surface area contributed by atoms with E-state index in [0.717, 1.165) is 32.1 Å². The van der Waals surface area contributed by atoms with E-state index in [9.17, 15) is 0 Å². The van der Waals surface area contributed by atoms with Crippen LogP contribution in [0, 0.1) is 11.3 Å². The minimum atomic E-state index is -0.666. The Kier molecular flexibility index (Phi) is 3.13. The summed E-state index contributed by atoms with van der Waals surface area (Å²) in [6.07, 6.45) is 0. The summed E-state index contributed by atoms with van der Waals surface area (Å²) < 4.78 is 5.57. The van der Waals surface area contributed by atoms with Crippen molar-refractivity contribution in [2.45, 2.75) is 6.04 Å². The van der Waals surface area contributed by atoms with E-state index in [1.807, 2.05) is 12.1 Å². The summed E-state index contributed by atoms with van der Waals surface area (Å²) in [7, 11) is 2.11. The molecular weight excluding hydrogens is 204 g/mol. The summed E-state index contributed by atoms with van der Waals surface area (Å²) >= 11 is 0. The fourth-order valence-electron chi connectivity index (χ4n) is 1.77. The highest BCUT2D eigenvalue weighted by Gasteiger charge is 2.18. The maximum Gasteiger partial charge on any atom is 0.195 e. The fourth-order valence-corrected chi connectivity index (χ4v) is 1.77. The Morgan fingerprint density at radius 1 is 1.38 bits per heavy atom. The number of hydrogen-bond donors (Lipinski definition) is 1. The number of hydrogen-bond acceptors (Lipinski definition) is 5. The zero-order valence-electron chi connectivity index (χ0n) is 9.39. The quantitative estimate of drug-likeness (QED) is 0.788. The van der Waals surface area contributed by atoms with Crippen molar-refractivity contribution < 1.29 is 4.42 Å². The van der Waals surface area contributed by atoms with Crippen LogP contribution >= 0.6 is 0 Å². The van der Waals surface area contributed by atoms with Crippen molar-refractivity contribution >= 4 is 5.88 Å². The molecule has 0 bridgehead atoms. The van der Waals surface area contributed by atoms with Crippen LogP contribution in [0.5, 0.6) is 0 Å². The molecule has 0 saturated carbocycles. The monoisotopic (exact) mass is 220 g/mol. The number of piperazine rings is 1. The van der Waals surface area contributed by atoms with Gasteiger partial charge in [-0.25, -0.2) is 0 Å². The number of furan rings is 1. The van der Waals surface area contributed by atoms with Crippen molar-refractivity contribution in [3.05, 3.63) is 17.9 Å². The Morgan fingerprint density at radius 2 is 2.06 bits per heavy atom. The number of nitriles is 1. The smallest absolute Gasteiger partial charge is 0.195 e. The van der Waals surface area contributed by atoms with Crippen LogP contribution in [0.4, 0.5) is 5.88 Å². The molecule has 1 fully saturated rings. The van der Waals surface area contributed by atoms with Crippen LogP contribution < -0.4 is 10.6 Å². The molecule has 1 aliphatic heterocycles. The SMILES string of the molecule is CN1CCN(c2ccc([C@@H](N)C#N)o2)CC1. The van der Waals surface area contributed by atoms with Gasteiger partial charge in [0, 0.05) is 32.2 Å². The first-order chi connectivity index (χ1) is 7.70. The summed E-state index contributed by atoms with van der Waals surface area (Å²) in [5, 5.41) is 8.69. The molecule has 86 valence electrons. The Labute approximate surface area is 95.0 Å². The van der Waals surface area contributed by atoms with E-state index in [-0.39, 0.29) is 0 Å². The summed E-state index contributed by atoms with van der Waals surface area (Å²) in [6, 6.07) is 4.96. The van der Waals surface area contributed by atoms with Crippen LogP contribution in [0.15, 0.2) is 16.5 Å². The maximum absolute atomic E-state index is 8.69. The minimum Gasteiger partial charge on any atom is -0.443 e. The van der Waals surface area contributed by atoms with Gasteiger partial charge in [-0.05, 0) is 13.1 Å². The molecular formula is C11H16N4O. The lowest BCUT2D eigenvalue weighted by Crippen LogP contribution is -2.44. The van der Waals surface area contributed by atoms with E-state index >= 15 is 0 Å². The first kappa shape index (κ1) is 11.0.